The molecule has 1 aliphatic rings. The summed E-state index contributed by atoms with van der Waals surface area (Å²) in [7, 11) is 0. The van der Waals surface area contributed by atoms with Crippen LogP contribution < -0.4 is 11.5 Å². The van der Waals surface area contributed by atoms with Crippen molar-refractivity contribution in [3.05, 3.63) is 5.82 Å². The molecule has 0 spiro atoms. The summed E-state index contributed by atoms with van der Waals surface area (Å²) in [5.41, 5.74) is 11.1. The number of H-pyrrole nitrogens is 1. The number of ether oxygens (including phenoxy) is 1. The van der Waals surface area contributed by atoms with Crippen LogP contribution in [0.5, 0.6) is 0 Å². The summed E-state index contributed by atoms with van der Waals surface area (Å²) < 4.78 is 5.22. The molecule has 6 nitrogen and oxygen atoms in total. The summed E-state index contributed by atoms with van der Waals surface area (Å²) in [5.74, 6) is 0.902. The summed E-state index contributed by atoms with van der Waals surface area (Å²) in [6.45, 7) is 1.33. The van der Waals surface area contributed by atoms with Crippen LogP contribution in [-0.2, 0) is 10.3 Å². The monoisotopic (exact) mass is 183 g/mol. The number of nitrogen functional groups attached to an aromatic ring is 1. The van der Waals surface area contributed by atoms with Crippen molar-refractivity contribution in [2.24, 2.45) is 5.73 Å². The molecule has 5 N–H and O–H groups in total. The minimum Gasteiger partial charge on any atom is -0.381 e. The Morgan fingerprint density at radius 3 is 2.62 bits per heavy atom. The van der Waals surface area contributed by atoms with Crippen molar-refractivity contribution in [1.29, 1.82) is 0 Å². The highest BCUT2D eigenvalue weighted by Crippen LogP contribution is 2.26. The van der Waals surface area contributed by atoms with Crippen molar-refractivity contribution in [2.45, 2.75) is 18.4 Å². The zero-order valence-electron chi connectivity index (χ0n) is 7.29. The van der Waals surface area contributed by atoms with Crippen molar-refractivity contribution < 1.29 is 4.74 Å². The molecule has 0 atom stereocenters. The Morgan fingerprint density at radius 2 is 2.08 bits per heavy atom. The molecule has 13 heavy (non-hydrogen) atoms. The highest BCUT2D eigenvalue weighted by Gasteiger charge is 2.33. The first kappa shape index (κ1) is 8.46. The Hall–Kier alpha value is -1.14. The van der Waals surface area contributed by atoms with Gasteiger partial charge >= 0.3 is 0 Å². The maximum absolute atomic E-state index is 6.12. The number of nitrogens with two attached hydrogens (primary N) is 2. The SMILES string of the molecule is Nc1n[nH]c(C2(N)CCOCC2)n1. The summed E-state index contributed by atoms with van der Waals surface area (Å²) >= 11 is 0. The van der Waals surface area contributed by atoms with Crippen molar-refractivity contribution in [2.75, 3.05) is 18.9 Å². The van der Waals surface area contributed by atoms with E-state index in [1.165, 1.54) is 0 Å². The van der Waals surface area contributed by atoms with Gasteiger partial charge in [0.2, 0.25) is 5.95 Å². The van der Waals surface area contributed by atoms with E-state index in [-0.39, 0.29) is 5.95 Å². The molecular weight excluding hydrogens is 170 g/mol. The summed E-state index contributed by atoms with van der Waals surface area (Å²) in [6.07, 6.45) is 1.50. The first-order valence-electron chi connectivity index (χ1n) is 4.26. The third-order valence-electron chi connectivity index (χ3n) is 2.36. The van der Waals surface area contributed by atoms with Gasteiger partial charge in [0.25, 0.3) is 0 Å². The lowest BCUT2D eigenvalue weighted by atomic mass is 9.91. The highest BCUT2D eigenvalue weighted by molar-refractivity contribution is 5.17. The Bertz CT molecular complexity index is 291. The van der Waals surface area contributed by atoms with E-state index in [0.29, 0.717) is 19.0 Å². The maximum Gasteiger partial charge on any atom is 0.239 e. The topological polar surface area (TPSA) is 103 Å². The summed E-state index contributed by atoms with van der Waals surface area (Å²) in [6, 6.07) is 0. The fraction of sp³-hybridized carbons (Fsp3) is 0.714. The number of nitrogens with one attached hydrogen (secondary N) is 1. The molecule has 0 bridgehead atoms. The molecule has 1 aromatic heterocycles. The number of rotatable bonds is 1. The van der Waals surface area contributed by atoms with Crippen LogP contribution in [-0.4, -0.2) is 28.4 Å². The van der Waals surface area contributed by atoms with Crippen LogP contribution in [0.25, 0.3) is 0 Å². The average Bonchev–Trinajstić information content (AvgIpc) is 2.54. The first-order chi connectivity index (χ1) is 6.21. The van der Waals surface area contributed by atoms with Gasteiger partial charge in [-0.25, -0.2) is 0 Å². The lowest BCUT2D eigenvalue weighted by Gasteiger charge is -2.30. The molecule has 6 heteroatoms. The van der Waals surface area contributed by atoms with E-state index in [0.717, 1.165) is 12.8 Å². The molecule has 1 aliphatic heterocycles. The Balaban J connectivity index is 2.22. The quantitative estimate of drug-likeness (QED) is 0.537. The van der Waals surface area contributed by atoms with Gasteiger partial charge < -0.3 is 16.2 Å². The Morgan fingerprint density at radius 1 is 1.38 bits per heavy atom. The second-order valence-electron chi connectivity index (χ2n) is 3.31. The van der Waals surface area contributed by atoms with Crippen LogP contribution in [0.1, 0.15) is 18.7 Å². The van der Waals surface area contributed by atoms with Gasteiger partial charge in [-0.2, -0.15) is 4.98 Å². The second kappa shape index (κ2) is 2.97. The van der Waals surface area contributed by atoms with E-state index in [1.807, 2.05) is 0 Å². The van der Waals surface area contributed by atoms with Gasteiger partial charge in [0.15, 0.2) is 0 Å². The predicted octanol–water partition coefficient (Wildman–Crippen LogP) is -0.649. The van der Waals surface area contributed by atoms with Gasteiger partial charge in [0.05, 0.1) is 5.54 Å². The number of anilines is 1. The zero-order chi connectivity index (χ0) is 9.31. The highest BCUT2D eigenvalue weighted by atomic mass is 16.5. The fourth-order valence-corrected chi connectivity index (χ4v) is 1.47. The third-order valence-corrected chi connectivity index (χ3v) is 2.36. The van der Waals surface area contributed by atoms with E-state index in [9.17, 15) is 0 Å². The van der Waals surface area contributed by atoms with Crippen molar-refractivity contribution in [1.82, 2.24) is 15.2 Å². The van der Waals surface area contributed by atoms with Crippen LogP contribution in [0.4, 0.5) is 5.95 Å². The molecule has 1 fully saturated rings. The standard InChI is InChI=1S/C7H13N5O/c8-6-10-5(11-12-6)7(9)1-3-13-4-2-7/h1-4,9H2,(H3,8,10,11,12). The lowest BCUT2D eigenvalue weighted by molar-refractivity contribution is 0.0493. The molecule has 0 aliphatic carbocycles. The molecule has 0 radical (unpaired) electrons. The number of hydrogen-bond acceptors (Lipinski definition) is 5. The number of aromatic amines is 1. The third kappa shape index (κ3) is 1.50. The van der Waals surface area contributed by atoms with Crippen molar-refractivity contribution in [3.8, 4) is 0 Å². The molecule has 1 saturated heterocycles. The van der Waals surface area contributed by atoms with E-state index in [1.54, 1.807) is 0 Å². The zero-order valence-corrected chi connectivity index (χ0v) is 7.29. The van der Waals surface area contributed by atoms with Crippen LogP contribution in [0.3, 0.4) is 0 Å². The number of aromatic nitrogens is 3. The van der Waals surface area contributed by atoms with Gasteiger partial charge in [-0.1, -0.05) is 0 Å². The average molecular weight is 183 g/mol. The second-order valence-corrected chi connectivity index (χ2v) is 3.31. The van der Waals surface area contributed by atoms with Crippen molar-refractivity contribution >= 4 is 5.95 Å². The van der Waals surface area contributed by atoms with Gasteiger partial charge in [-0.3, -0.25) is 5.10 Å². The van der Waals surface area contributed by atoms with Crippen LogP contribution in [0.2, 0.25) is 0 Å². The van der Waals surface area contributed by atoms with Crippen molar-refractivity contribution in [3.63, 3.8) is 0 Å². The summed E-state index contributed by atoms with van der Waals surface area (Å²) in [4.78, 5) is 4.04. The van der Waals surface area contributed by atoms with E-state index in [2.05, 4.69) is 15.2 Å². The number of hydrogen-bond donors (Lipinski definition) is 3. The lowest BCUT2D eigenvalue weighted by Crippen LogP contribution is -2.43. The minimum atomic E-state index is -0.442. The normalized spacial score (nSPS) is 21.6. The smallest absolute Gasteiger partial charge is 0.239 e. The molecule has 0 amide bonds. The number of nitrogens with zero attached hydrogens (tertiary/aromatic N) is 2. The Kier molecular flexibility index (Phi) is 1.93. The molecule has 0 aromatic carbocycles. The Labute approximate surface area is 75.7 Å². The van der Waals surface area contributed by atoms with Gasteiger partial charge in [0, 0.05) is 13.2 Å². The minimum absolute atomic E-state index is 0.242. The fourth-order valence-electron chi connectivity index (χ4n) is 1.47. The first-order valence-corrected chi connectivity index (χ1v) is 4.26. The van der Waals surface area contributed by atoms with Crippen LogP contribution >= 0.6 is 0 Å². The molecule has 2 heterocycles. The van der Waals surface area contributed by atoms with Gasteiger partial charge in [-0.05, 0) is 12.8 Å². The van der Waals surface area contributed by atoms with Crippen LogP contribution in [0.15, 0.2) is 0 Å². The molecule has 0 unspecified atom stereocenters. The van der Waals surface area contributed by atoms with Gasteiger partial charge in [-0.15, -0.1) is 5.10 Å². The van der Waals surface area contributed by atoms with Gasteiger partial charge in [0.1, 0.15) is 5.82 Å². The van der Waals surface area contributed by atoms with Crippen LogP contribution in [0, 0.1) is 0 Å². The molecule has 0 saturated carbocycles. The van der Waals surface area contributed by atoms with E-state index in [4.69, 9.17) is 16.2 Å². The molecule has 2 rings (SSSR count). The summed E-state index contributed by atoms with van der Waals surface area (Å²) in [5, 5.41) is 6.51. The predicted molar refractivity (Wildman–Crippen MR) is 46.7 cm³/mol. The van der Waals surface area contributed by atoms with E-state index < -0.39 is 5.54 Å². The largest absolute Gasteiger partial charge is 0.381 e. The molecule has 72 valence electrons. The molecular formula is C7H13N5O. The van der Waals surface area contributed by atoms with E-state index >= 15 is 0 Å². The maximum atomic E-state index is 6.12. The molecule has 1 aromatic rings.